The molecular weight excluding hydrogens is 374 g/mol. The fourth-order valence-corrected chi connectivity index (χ4v) is 4.54. The number of hydrogen-bond acceptors (Lipinski definition) is 3. The van der Waals surface area contributed by atoms with Crippen molar-refractivity contribution < 1.29 is 4.79 Å². The van der Waals surface area contributed by atoms with Gasteiger partial charge >= 0.3 is 0 Å². The molecule has 0 radical (unpaired) electrons. The second-order valence-corrected chi connectivity index (χ2v) is 8.43. The van der Waals surface area contributed by atoms with Crippen molar-refractivity contribution in [3.8, 4) is 11.4 Å². The van der Waals surface area contributed by atoms with Crippen LogP contribution in [0, 0.1) is 26.7 Å². The summed E-state index contributed by atoms with van der Waals surface area (Å²) in [4.78, 5) is 19.7. The third-order valence-corrected chi connectivity index (χ3v) is 6.47. The molecule has 2 aromatic heterocycles. The molecule has 1 aliphatic heterocycles. The van der Waals surface area contributed by atoms with Gasteiger partial charge in [0.2, 0.25) is 0 Å². The van der Waals surface area contributed by atoms with Gasteiger partial charge in [-0.25, -0.2) is 4.98 Å². The SMILES string of the molecule is Cc1nn(C)c(C)c1C(=O)N1CCC(CCn2c(C)cnc2-c2ccccc2)CC1. The lowest BCUT2D eigenvalue weighted by atomic mass is 9.93. The zero-order chi connectivity index (χ0) is 21.3. The summed E-state index contributed by atoms with van der Waals surface area (Å²) in [6.07, 6.45) is 5.18. The second kappa shape index (κ2) is 8.46. The molecule has 1 saturated heterocycles. The molecule has 1 aliphatic rings. The highest BCUT2D eigenvalue weighted by Gasteiger charge is 2.27. The first-order valence-electron chi connectivity index (χ1n) is 10.8. The van der Waals surface area contributed by atoms with E-state index < -0.39 is 0 Å². The molecule has 0 unspecified atom stereocenters. The predicted octanol–water partition coefficient (Wildman–Crippen LogP) is 4.15. The number of carbonyl (C=O) groups is 1. The van der Waals surface area contributed by atoms with E-state index in [2.05, 4.69) is 45.8 Å². The van der Waals surface area contributed by atoms with Crippen LogP contribution in [0.5, 0.6) is 0 Å². The van der Waals surface area contributed by atoms with Crippen molar-refractivity contribution >= 4 is 5.91 Å². The minimum Gasteiger partial charge on any atom is -0.339 e. The summed E-state index contributed by atoms with van der Waals surface area (Å²) in [5, 5.41) is 4.40. The third-order valence-electron chi connectivity index (χ3n) is 6.47. The number of amides is 1. The summed E-state index contributed by atoms with van der Waals surface area (Å²) in [5.41, 5.74) is 4.91. The van der Waals surface area contributed by atoms with E-state index in [4.69, 9.17) is 0 Å². The number of aryl methyl sites for hydroxylation is 3. The summed E-state index contributed by atoms with van der Waals surface area (Å²) in [5.74, 6) is 1.81. The summed E-state index contributed by atoms with van der Waals surface area (Å²) in [6.45, 7) is 8.63. The minimum atomic E-state index is 0.133. The van der Waals surface area contributed by atoms with Gasteiger partial charge in [-0.15, -0.1) is 0 Å². The summed E-state index contributed by atoms with van der Waals surface area (Å²) >= 11 is 0. The number of nitrogens with zero attached hydrogens (tertiary/aromatic N) is 5. The molecular formula is C24H31N5O. The highest BCUT2D eigenvalue weighted by molar-refractivity contribution is 5.96. The Labute approximate surface area is 178 Å². The molecule has 1 aromatic carbocycles. The average Bonchev–Trinajstić information content (AvgIpc) is 3.25. The summed E-state index contributed by atoms with van der Waals surface area (Å²) < 4.78 is 4.13. The molecule has 1 amide bonds. The van der Waals surface area contributed by atoms with Crippen molar-refractivity contribution in [3.05, 3.63) is 59.2 Å². The van der Waals surface area contributed by atoms with Gasteiger partial charge in [0.05, 0.1) is 11.3 Å². The molecule has 0 N–H and O–H groups in total. The van der Waals surface area contributed by atoms with Crippen molar-refractivity contribution in [1.29, 1.82) is 0 Å². The Morgan fingerprint density at radius 2 is 1.80 bits per heavy atom. The fraction of sp³-hybridized carbons (Fsp3) is 0.458. The molecule has 4 rings (SSSR count). The Hall–Kier alpha value is -2.89. The molecule has 0 bridgehead atoms. The highest BCUT2D eigenvalue weighted by Crippen LogP contribution is 2.26. The molecule has 0 atom stereocenters. The van der Waals surface area contributed by atoms with Crippen molar-refractivity contribution in [2.24, 2.45) is 13.0 Å². The Kier molecular flexibility index (Phi) is 5.75. The standard InChI is InChI=1S/C24H31N5O/c1-17-16-25-23(21-8-6-5-7-9-21)29(17)15-12-20-10-13-28(14-11-20)24(30)22-18(2)26-27(4)19(22)3/h5-9,16,20H,10-15H2,1-4H3. The van der Waals surface area contributed by atoms with E-state index in [-0.39, 0.29) is 5.91 Å². The van der Waals surface area contributed by atoms with Gasteiger partial charge < -0.3 is 9.47 Å². The van der Waals surface area contributed by atoms with Gasteiger partial charge in [-0.05, 0) is 46.0 Å². The first-order chi connectivity index (χ1) is 14.5. The number of imidazole rings is 1. The lowest BCUT2D eigenvalue weighted by molar-refractivity contribution is 0.0683. The first kappa shape index (κ1) is 20.4. The minimum absolute atomic E-state index is 0.133. The van der Waals surface area contributed by atoms with Crippen molar-refractivity contribution in [2.75, 3.05) is 13.1 Å². The molecule has 1 fully saturated rings. The molecule has 6 heteroatoms. The number of aromatic nitrogens is 4. The number of benzene rings is 1. The topological polar surface area (TPSA) is 56.0 Å². The normalized spacial score (nSPS) is 15.0. The van der Waals surface area contributed by atoms with Crippen molar-refractivity contribution in [1.82, 2.24) is 24.2 Å². The van der Waals surface area contributed by atoms with Crippen LogP contribution in [-0.4, -0.2) is 43.2 Å². The van der Waals surface area contributed by atoms with Gasteiger partial charge in [-0.1, -0.05) is 30.3 Å². The largest absolute Gasteiger partial charge is 0.339 e. The number of rotatable bonds is 5. The molecule has 0 spiro atoms. The predicted molar refractivity (Wildman–Crippen MR) is 118 cm³/mol. The maximum atomic E-state index is 13.0. The van der Waals surface area contributed by atoms with Crippen LogP contribution in [0.4, 0.5) is 0 Å². The van der Waals surface area contributed by atoms with Crippen LogP contribution in [0.15, 0.2) is 36.5 Å². The van der Waals surface area contributed by atoms with Crippen LogP contribution in [0.3, 0.4) is 0 Å². The first-order valence-corrected chi connectivity index (χ1v) is 10.8. The van der Waals surface area contributed by atoms with Gasteiger partial charge in [0.15, 0.2) is 0 Å². The quantitative estimate of drug-likeness (QED) is 0.641. The zero-order valence-corrected chi connectivity index (χ0v) is 18.4. The zero-order valence-electron chi connectivity index (χ0n) is 18.4. The average molecular weight is 406 g/mol. The van der Waals surface area contributed by atoms with Crippen LogP contribution in [0.2, 0.25) is 0 Å². The Balaban J connectivity index is 1.36. The third kappa shape index (κ3) is 3.91. The maximum Gasteiger partial charge on any atom is 0.257 e. The van der Waals surface area contributed by atoms with Crippen LogP contribution in [-0.2, 0) is 13.6 Å². The van der Waals surface area contributed by atoms with E-state index in [1.165, 1.54) is 5.69 Å². The van der Waals surface area contributed by atoms with E-state index in [1.54, 1.807) is 4.68 Å². The van der Waals surface area contributed by atoms with Crippen molar-refractivity contribution in [3.63, 3.8) is 0 Å². The monoisotopic (exact) mass is 405 g/mol. The Morgan fingerprint density at radius 3 is 2.43 bits per heavy atom. The molecule has 3 heterocycles. The highest BCUT2D eigenvalue weighted by atomic mass is 16.2. The van der Waals surface area contributed by atoms with E-state index in [9.17, 15) is 4.79 Å². The van der Waals surface area contributed by atoms with Gasteiger partial charge in [0.25, 0.3) is 5.91 Å². The molecule has 0 saturated carbocycles. The number of hydrogen-bond donors (Lipinski definition) is 0. The van der Waals surface area contributed by atoms with Gasteiger partial charge in [0.1, 0.15) is 5.82 Å². The molecule has 3 aromatic rings. The van der Waals surface area contributed by atoms with E-state index in [0.29, 0.717) is 5.92 Å². The summed E-state index contributed by atoms with van der Waals surface area (Å²) in [7, 11) is 1.90. The fourth-order valence-electron chi connectivity index (χ4n) is 4.54. The number of piperidine rings is 1. The molecule has 30 heavy (non-hydrogen) atoms. The number of likely N-dealkylation sites (tertiary alicyclic amines) is 1. The second-order valence-electron chi connectivity index (χ2n) is 8.43. The smallest absolute Gasteiger partial charge is 0.257 e. The Morgan fingerprint density at radius 1 is 1.10 bits per heavy atom. The Bertz CT molecular complexity index is 1030. The maximum absolute atomic E-state index is 13.0. The van der Waals surface area contributed by atoms with E-state index in [0.717, 1.165) is 67.2 Å². The molecule has 158 valence electrons. The molecule has 0 aliphatic carbocycles. The van der Waals surface area contributed by atoms with E-state index in [1.807, 2.05) is 38.1 Å². The van der Waals surface area contributed by atoms with Gasteiger partial charge in [-0.3, -0.25) is 9.48 Å². The summed E-state index contributed by atoms with van der Waals surface area (Å²) in [6, 6.07) is 10.4. The number of carbonyl (C=O) groups excluding carboxylic acids is 1. The van der Waals surface area contributed by atoms with Crippen LogP contribution < -0.4 is 0 Å². The van der Waals surface area contributed by atoms with Crippen LogP contribution >= 0.6 is 0 Å². The van der Waals surface area contributed by atoms with Crippen molar-refractivity contribution in [2.45, 2.75) is 46.6 Å². The molecule has 6 nitrogen and oxygen atoms in total. The van der Waals surface area contributed by atoms with Crippen LogP contribution in [0.1, 0.15) is 46.7 Å². The lowest BCUT2D eigenvalue weighted by Crippen LogP contribution is -2.39. The van der Waals surface area contributed by atoms with Gasteiger partial charge in [0, 0.05) is 49.8 Å². The lowest BCUT2D eigenvalue weighted by Gasteiger charge is -2.32. The van der Waals surface area contributed by atoms with Crippen LogP contribution in [0.25, 0.3) is 11.4 Å². The van der Waals surface area contributed by atoms with Gasteiger partial charge in [-0.2, -0.15) is 5.10 Å². The van der Waals surface area contributed by atoms with E-state index >= 15 is 0 Å².